The Labute approximate surface area is 85.9 Å². The third-order valence-corrected chi connectivity index (χ3v) is 1.83. The first-order valence-corrected chi connectivity index (χ1v) is 4.33. The Bertz CT molecular complexity index is 465. The Balaban J connectivity index is 2.15. The highest BCUT2D eigenvalue weighted by Crippen LogP contribution is 2.12. The summed E-state index contributed by atoms with van der Waals surface area (Å²) in [7, 11) is 0. The maximum atomic E-state index is 11.5. The number of aromatic amines is 1. The van der Waals surface area contributed by atoms with Crippen LogP contribution in [-0.4, -0.2) is 15.9 Å². The SMILES string of the molecule is Nc1nc[nH]c1C(=O)Oc1ccccc1. The number of anilines is 1. The second kappa shape index (κ2) is 3.83. The molecule has 0 atom stereocenters. The molecule has 0 bridgehead atoms. The number of nitrogens with zero attached hydrogens (tertiary/aromatic N) is 1. The van der Waals surface area contributed by atoms with Gasteiger partial charge >= 0.3 is 5.97 Å². The topological polar surface area (TPSA) is 81.0 Å². The molecule has 2 aromatic rings. The number of benzene rings is 1. The fourth-order valence-electron chi connectivity index (χ4n) is 1.11. The van der Waals surface area contributed by atoms with Crippen molar-refractivity contribution in [2.45, 2.75) is 0 Å². The van der Waals surface area contributed by atoms with Crippen molar-refractivity contribution in [1.29, 1.82) is 0 Å². The van der Waals surface area contributed by atoms with E-state index in [0.717, 1.165) is 0 Å². The second-order valence-corrected chi connectivity index (χ2v) is 2.87. The molecule has 3 N–H and O–H groups in total. The van der Waals surface area contributed by atoms with Gasteiger partial charge in [-0.1, -0.05) is 18.2 Å². The van der Waals surface area contributed by atoms with Gasteiger partial charge in [0.15, 0.2) is 11.5 Å². The lowest BCUT2D eigenvalue weighted by Gasteiger charge is -2.01. The number of H-pyrrole nitrogens is 1. The van der Waals surface area contributed by atoms with Crippen molar-refractivity contribution in [2.24, 2.45) is 0 Å². The minimum absolute atomic E-state index is 0.135. The first kappa shape index (κ1) is 9.26. The van der Waals surface area contributed by atoms with Crippen molar-refractivity contribution in [3.63, 3.8) is 0 Å². The summed E-state index contributed by atoms with van der Waals surface area (Å²) in [5.41, 5.74) is 5.62. The number of nitrogen functional groups attached to an aromatic ring is 1. The van der Waals surface area contributed by atoms with Crippen molar-refractivity contribution < 1.29 is 9.53 Å². The van der Waals surface area contributed by atoms with Gasteiger partial charge in [-0.05, 0) is 12.1 Å². The Kier molecular flexibility index (Phi) is 2.37. The van der Waals surface area contributed by atoms with Gasteiger partial charge in [0, 0.05) is 0 Å². The lowest BCUT2D eigenvalue weighted by atomic mass is 10.3. The number of carbonyl (C=O) groups is 1. The van der Waals surface area contributed by atoms with Gasteiger partial charge in [-0.15, -0.1) is 0 Å². The summed E-state index contributed by atoms with van der Waals surface area (Å²) < 4.78 is 5.05. The molecule has 0 aliphatic heterocycles. The molecule has 0 radical (unpaired) electrons. The van der Waals surface area contributed by atoms with Crippen LogP contribution in [0.3, 0.4) is 0 Å². The molecule has 0 spiro atoms. The lowest BCUT2D eigenvalue weighted by molar-refractivity contribution is 0.0730. The first-order valence-electron chi connectivity index (χ1n) is 4.33. The molecule has 15 heavy (non-hydrogen) atoms. The number of hydrogen-bond donors (Lipinski definition) is 2. The van der Waals surface area contributed by atoms with E-state index < -0.39 is 5.97 Å². The van der Waals surface area contributed by atoms with E-state index in [1.807, 2.05) is 6.07 Å². The molecule has 0 unspecified atom stereocenters. The highest BCUT2D eigenvalue weighted by atomic mass is 16.5. The third kappa shape index (κ3) is 1.96. The number of nitrogens with two attached hydrogens (primary N) is 1. The second-order valence-electron chi connectivity index (χ2n) is 2.87. The summed E-state index contributed by atoms with van der Waals surface area (Å²) in [6.45, 7) is 0. The van der Waals surface area contributed by atoms with Gasteiger partial charge in [-0.3, -0.25) is 0 Å². The fourth-order valence-corrected chi connectivity index (χ4v) is 1.11. The smallest absolute Gasteiger partial charge is 0.364 e. The molecule has 2 rings (SSSR count). The molecule has 76 valence electrons. The van der Waals surface area contributed by atoms with Gasteiger partial charge in [-0.25, -0.2) is 9.78 Å². The molecule has 0 aliphatic rings. The highest BCUT2D eigenvalue weighted by Gasteiger charge is 2.13. The van der Waals surface area contributed by atoms with Crippen molar-refractivity contribution in [1.82, 2.24) is 9.97 Å². The number of ether oxygens (including phenoxy) is 1. The standard InChI is InChI=1S/C10H9N3O2/c11-9-8(12-6-13-9)10(14)15-7-4-2-1-3-5-7/h1-6H,11H2,(H,12,13). The van der Waals surface area contributed by atoms with Crippen molar-refractivity contribution in [2.75, 3.05) is 5.73 Å². The van der Waals surface area contributed by atoms with Crippen LogP contribution in [0.25, 0.3) is 0 Å². The van der Waals surface area contributed by atoms with Gasteiger partial charge in [0.1, 0.15) is 5.75 Å². The van der Waals surface area contributed by atoms with Crippen LogP contribution in [0.15, 0.2) is 36.7 Å². The molecule has 0 aliphatic carbocycles. The predicted molar refractivity (Wildman–Crippen MR) is 54.4 cm³/mol. The van der Waals surface area contributed by atoms with E-state index in [0.29, 0.717) is 5.75 Å². The number of imidazole rings is 1. The van der Waals surface area contributed by atoms with Crippen molar-refractivity contribution >= 4 is 11.8 Å². The molecule has 1 heterocycles. The summed E-state index contributed by atoms with van der Waals surface area (Å²) in [5.74, 6) is 0.0589. The number of hydrogen-bond acceptors (Lipinski definition) is 4. The van der Waals surface area contributed by atoms with Gasteiger partial charge in [-0.2, -0.15) is 0 Å². The molecular formula is C10H9N3O2. The van der Waals surface area contributed by atoms with E-state index in [1.54, 1.807) is 24.3 Å². The van der Waals surface area contributed by atoms with E-state index in [1.165, 1.54) is 6.33 Å². The summed E-state index contributed by atoms with van der Waals surface area (Å²) in [6.07, 6.45) is 1.34. The number of nitrogens with one attached hydrogen (secondary N) is 1. The quantitative estimate of drug-likeness (QED) is 0.567. The number of rotatable bonds is 2. The van der Waals surface area contributed by atoms with Crippen molar-refractivity contribution in [3.8, 4) is 5.75 Å². The Hall–Kier alpha value is -2.30. The molecule has 0 saturated carbocycles. The van der Waals surface area contributed by atoms with E-state index >= 15 is 0 Å². The number of carbonyl (C=O) groups excluding carboxylic acids is 1. The van der Waals surface area contributed by atoms with E-state index in [4.69, 9.17) is 10.5 Å². The average molecular weight is 203 g/mol. The maximum absolute atomic E-state index is 11.5. The van der Waals surface area contributed by atoms with Gasteiger partial charge < -0.3 is 15.5 Å². The lowest BCUT2D eigenvalue weighted by Crippen LogP contribution is -2.11. The van der Waals surface area contributed by atoms with Crippen LogP contribution in [0.1, 0.15) is 10.5 Å². The normalized spacial score (nSPS) is 9.87. The Morgan fingerprint density at radius 3 is 2.67 bits per heavy atom. The zero-order valence-corrected chi connectivity index (χ0v) is 7.81. The van der Waals surface area contributed by atoms with Crippen LogP contribution in [-0.2, 0) is 0 Å². The minimum atomic E-state index is -0.545. The summed E-state index contributed by atoms with van der Waals surface area (Å²) in [4.78, 5) is 17.8. The Morgan fingerprint density at radius 1 is 1.33 bits per heavy atom. The molecule has 0 saturated heterocycles. The minimum Gasteiger partial charge on any atom is -0.422 e. The molecule has 1 aromatic heterocycles. The van der Waals surface area contributed by atoms with Crippen LogP contribution < -0.4 is 10.5 Å². The fraction of sp³-hybridized carbons (Fsp3) is 0. The zero-order valence-electron chi connectivity index (χ0n) is 7.81. The van der Waals surface area contributed by atoms with Gasteiger partial charge in [0.25, 0.3) is 0 Å². The van der Waals surface area contributed by atoms with Crippen LogP contribution >= 0.6 is 0 Å². The molecule has 5 nitrogen and oxygen atoms in total. The van der Waals surface area contributed by atoms with Crippen LogP contribution in [0.5, 0.6) is 5.75 Å². The number of para-hydroxylation sites is 1. The van der Waals surface area contributed by atoms with E-state index in [2.05, 4.69) is 9.97 Å². The van der Waals surface area contributed by atoms with E-state index in [-0.39, 0.29) is 11.5 Å². The summed E-state index contributed by atoms with van der Waals surface area (Å²) in [5, 5.41) is 0. The average Bonchev–Trinajstić information content (AvgIpc) is 2.66. The zero-order chi connectivity index (χ0) is 10.7. The van der Waals surface area contributed by atoms with Gasteiger partial charge in [0.05, 0.1) is 6.33 Å². The monoisotopic (exact) mass is 203 g/mol. The van der Waals surface area contributed by atoms with Crippen molar-refractivity contribution in [3.05, 3.63) is 42.4 Å². The van der Waals surface area contributed by atoms with Crippen LogP contribution in [0.2, 0.25) is 0 Å². The molecule has 0 fully saturated rings. The third-order valence-electron chi connectivity index (χ3n) is 1.83. The van der Waals surface area contributed by atoms with E-state index in [9.17, 15) is 4.79 Å². The maximum Gasteiger partial charge on any atom is 0.364 e. The Morgan fingerprint density at radius 2 is 2.07 bits per heavy atom. The number of aromatic nitrogens is 2. The molecule has 0 amide bonds. The molecular weight excluding hydrogens is 194 g/mol. The van der Waals surface area contributed by atoms with Crippen LogP contribution in [0.4, 0.5) is 5.82 Å². The van der Waals surface area contributed by atoms with Gasteiger partial charge in [0.2, 0.25) is 0 Å². The number of esters is 1. The molecule has 5 heteroatoms. The highest BCUT2D eigenvalue weighted by molar-refractivity contribution is 5.93. The largest absolute Gasteiger partial charge is 0.422 e. The predicted octanol–water partition coefficient (Wildman–Crippen LogP) is 1.21. The summed E-state index contributed by atoms with van der Waals surface area (Å²) in [6, 6.07) is 8.76. The van der Waals surface area contributed by atoms with Crippen LogP contribution in [0, 0.1) is 0 Å². The summed E-state index contributed by atoms with van der Waals surface area (Å²) >= 11 is 0. The first-order chi connectivity index (χ1) is 7.27. The molecule has 1 aromatic carbocycles.